The number of alkyl halides is 4. The Morgan fingerprint density at radius 1 is 1.29 bits per heavy atom. The van der Waals surface area contributed by atoms with Crippen molar-refractivity contribution in [1.29, 1.82) is 0 Å². The summed E-state index contributed by atoms with van der Waals surface area (Å²) in [4.78, 5) is 10.3. The summed E-state index contributed by atoms with van der Waals surface area (Å²) in [6, 6.07) is 2.07. The zero-order valence-corrected chi connectivity index (χ0v) is 14.1. The normalized spacial score (nSPS) is 17.5. The number of hydrogen-bond acceptors (Lipinski definition) is 3. The maximum absolute atomic E-state index is 13.5. The van der Waals surface area contributed by atoms with Crippen molar-refractivity contribution in [3.05, 3.63) is 28.8 Å². The Labute approximate surface area is 143 Å². The third kappa shape index (κ3) is 4.15. The number of phenolic OH excluding ortho intramolecular Hbond substituents is 1. The molecule has 7 heteroatoms. The maximum Gasteiger partial charge on any atom is 0.416 e. The summed E-state index contributed by atoms with van der Waals surface area (Å²) in [6.45, 7) is 1.75. The number of esters is 1. The third-order valence-corrected chi connectivity index (χ3v) is 4.80. The van der Waals surface area contributed by atoms with E-state index in [0.29, 0.717) is 25.7 Å². The Morgan fingerprint density at radius 2 is 1.92 bits per heavy atom. The topological polar surface area (TPSA) is 46.5 Å². The molecule has 1 fully saturated rings. The quantitative estimate of drug-likeness (QED) is 0.609. The zero-order chi connectivity index (χ0) is 18.0. The molecule has 134 valence electrons. The minimum Gasteiger partial charge on any atom is -0.508 e. The van der Waals surface area contributed by atoms with Crippen LogP contribution in [-0.2, 0) is 27.0 Å². The van der Waals surface area contributed by atoms with E-state index in [1.165, 1.54) is 6.07 Å². The molecule has 1 aromatic rings. The van der Waals surface area contributed by atoms with Crippen LogP contribution in [0.5, 0.6) is 5.75 Å². The van der Waals surface area contributed by atoms with E-state index >= 15 is 0 Å². The number of halogens is 4. The van der Waals surface area contributed by atoms with Crippen LogP contribution in [0.4, 0.5) is 13.2 Å². The average Bonchev–Trinajstić information content (AvgIpc) is 2.46. The van der Waals surface area contributed by atoms with Gasteiger partial charge in [-0.2, -0.15) is 13.2 Å². The molecule has 0 bridgehead atoms. The van der Waals surface area contributed by atoms with Crippen LogP contribution in [0.1, 0.15) is 55.7 Å². The van der Waals surface area contributed by atoms with Gasteiger partial charge in [-0.3, -0.25) is 4.79 Å². The first-order valence-electron chi connectivity index (χ1n) is 7.95. The van der Waals surface area contributed by atoms with Gasteiger partial charge >= 0.3 is 12.1 Å². The number of ether oxygens (including phenoxy) is 1. The van der Waals surface area contributed by atoms with Gasteiger partial charge in [-0.1, -0.05) is 19.3 Å². The van der Waals surface area contributed by atoms with Crippen molar-refractivity contribution in [2.75, 3.05) is 6.61 Å². The summed E-state index contributed by atoms with van der Waals surface area (Å²) >= 11 is 6.47. The van der Waals surface area contributed by atoms with E-state index in [-0.39, 0.29) is 24.2 Å². The first kappa shape index (κ1) is 18.9. The Kier molecular flexibility index (Phi) is 5.68. The zero-order valence-electron chi connectivity index (χ0n) is 13.4. The first-order valence-corrected chi connectivity index (χ1v) is 8.33. The van der Waals surface area contributed by atoms with Crippen molar-refractivity contribution < 1.29 is 27.8 Å². The molecule has 2 rings (SSSR count). The summed E-state index contributed by atoms with van der Waals surface area (Å²) in [5.74, 6) is -1.16. The molecule has 1 aliphatic rings. The molecule has 0 radical (unpaired) electrons. The second-order valence-electron chi connectivity index (χ2n) is 6.04. The predicted molar refractivity (Wildman–Crippen MR) is 84.1 cm³/mol. The van der Waals surface area contributed by atoms with Gasteiger partial charge in [0.2, 0.25) is 0 Å². The predicted octanol–water partition coefficient (Wildman–Crippen LogP) is 4.91. The second-order valence-corrected chi connectivity index (χ2v) is 6.77. The molecule has 0 amide bonds. The van der Waals surface area contributed by atoms with Crippen molar-refractivity contribution in [3.63, 3.8) is 0 Å². The van der Waals surface area contributed by atoms with Gasteiger partial charge in [0.25, 0.3) is 0 Å². The summed E-state index contributed by atoms with van der Waals surface area (Å²) in [5, 5.41) is 10.3. The fraction of sp³-hybridized carbons (Fsp3) is 0.588. The fourth-order valence-corrected chi connectivity index (χ4v) is 3.69. The highest BCUT2D eigenvalue weighted by atomic mass is 35.5. The number of hydrogen-bond donors (Lipinski definition) is 1. The molecule has 0 aliphatic heterocycles. The van der Waals surface area contributed by atoms with Crippen LogP contribution in [0.2, 0.25) is 0 Å². The van der Waals surface area contributed by atoms with Crippen molar-refractivity contribution >= 4 is 17.6 Å². The fourth-order valence-electron chi connectivity index (χ4n) is 3.22. The summed E-state index contributed by atoms with van der Waals surface area (Å²) in [5.41, 5.74) is -1.19. The Bertz CT molecular complexity index is 608. The van der Waals surface area contributed by atoms with Gasteiger partial charge in [-0.25, -0.2) is 0 Å². The number of benzene rings is 1. The first-order chi connectivity index (χ1) is 11.2. The highest BCUT2D eigenvalue weighted by molar-refractivity contribution is 6.24. The lowest BCUT2D eigenvalue weighted by molar-refractivity contribution is -0.143. The monoisotopic (exact) mass is 364 g/mol. The standard InChI is InChI=1S/C17H20ClF3O3/c1-2-24-14(23)10-11-8-12(17(19,20)21)15(13(22)9-11)16(18)6-4-3-5-7-16/h8-9,22H,2-7,10H2,1H3. The molecular weight excluding hydrogens is 345 g/mol. The second kappa shape index (κ2) is 7.21. The van der Waals surface area contributed by atoms with Gasteiger partial charge in [-0.05, 0) is 37.5 Å². The van der Waals surface area contributed by atoms with Crippen molar-refractivity contribution in [1.82, 2.24) is 0 Å². The molecule has 24 heavy (non-hydrogen) atoms. The highest BCUT2D eigenvalue weighted by Crippen LogP contribution is 2.51. The minimum absolute atomic E-state index is 0.0538. The van der Waals surface area contributed by atoms with Gasteiger partial charge in [-0.15, -0.1) is 11.6 Å². The molecule has 0 atom stereocenters. The van der Waals surface area contributed by atoms with E-state index in [1.807, 2.05) is 0 Å². The van der Waals surface area contributed by atoms with E-state index < -0.39 is 28.3 Å². The van der Waals surface area contributed by atoms with Crippen LogP contribution in [-0.4, -0.2) is 17.7 Å². The molecule has 0 unspecified atom stereocenters. The number of phenols is 1. The number of rotatable bonds is 4. The van der Waals surface area contributed by atoms with Crippen LogP contribution >= 0.6 is 11.6 Å². The van der Waals surface area contributed by atoms with E-state index in [4.69, 9.17) is 16.3 Å². The average molecular weight is 365 g/mol. The van der Waals surface area contributed by atoms with E-state index in [2.05, 4.69) is 0 Å². The largest absolute Gasteiger partial charge is 0.508 e. The Hall–Kier alpha value is -1.43. The molecule has 0 aromatic heterocycles. The highest BCUT2D eigenvalue weighted by Gasteiger charge is 2.43. The maximum atomic E-state index is 13.5. The van der Waals surface area contributed by atoms with E-state index in [1.54, 1.807) is 6.92 Å². The number of aromatic hydroxyl groups is 1. The van der Waals surface area contributed by atoms with Crippen molar-refractivity contribution in [2.24, 2.45) is 0 Å². The molecule has 0 heterocycles. The van der Waals surface area contributed by atoms with Crippen LogP contribution in [0, 0.1) is 0 Å². The van der Waals surface area contributed by atoms with Crippen LogP contribution in [0.15, 0.2) is 12.1 Å². The van der Waals surface area contributed by atoms with Crippen molar-refractivity contribution in [2.45, 2.75) is 56.5 Å². The van der Waals surface area contributed by atoms with Crippen LogP contribution < -0.4 is 0 Å². The molecule has 1 aliphatic carbocycles. The molecule has 1 aromatic carbocycles. The smallest absolute Gasteiger partial charge is 0.416 e. The number of carbonyl (C=O) groups excluding carboxylic acids is 1. The van der Waals surface area contributed by atoms with Gasteiger partial charge in [0.15, 0.2) is 0 Å². The SMILES string of the molecule is CCOC(=O)Cc1cc(O)c(C2(Cl)CCCCC2)c(C(F)(F)F)c1. The molecule has 0 saturated heterocycles. The van der Waals surface area contributed by atoms with E-state index in [9.17, 15) is 23.1 Å². The molecule has 3 nitrogen and oxygen atoms in total. The van der Waals surface area contributed by atoms with Crippen LogP contribution in [0.25, 0.3) is 0 Å². The van der Waals surface area contributed by atoms with Gasteiger partial charge < -0.3 is 9.84 Å². The molecular formula is C17H20ClF3O3. The van der Waals surface area contributed by atoms with Gasteiger partial charge in [0, 0.05) is 5.56 Å². The molecule has 1 N–H and O–H groups in total. The number of carbonyl (C=O) groups is 1. The molecule has 1 saturated carbocycles. The third-order valence-electron chi connectivity index (χ3n) is 4.23. The lowest BCUT2D eigenvalue weighted by Gasteiger charge is -2.34. The van der Waals surface area contributed by atoms with Gasteiger partial charge in [0.1, 0.15) is 5.75 Å². The molecule has 0 spiro atoms. The lowest BCUT2D eigenvalue weighted by atomic mass is 9.80. The minimum atomic E-state index is -4.67. The lowest BCUT2D eigenvalue weighted by Crippen LogP contribution is -2.26. The Morgan fingerprint density at radius 3 is 2.46 bits per heavy atom. The van der Waals surface area contributed by atoms with E-state index in [0.717, 1.165) is 12.5 Å². The summed E-state index contributed by atoms with van der Waals surface area (Å²) < 4.78 is 45.3. The van der Waals surface area contributed by atoms with Crippen molar-refractivity contribution in [3.8, 4) is 5.75 Å². The van der Waals surface area contributed by atoms with Crippen LogP contribution in [0.3, 0.4) is 0 Å². The summed E-state index contributed by atoms with van der Waals surface area (Å²) in [6.07, 6.45) is -1.91. The Balaban J connectivity index is 2.49. The van der Waals surface area contributed by atoms with Gasteiger partial charge in [0.05, 0.1) is 23.5 Å². The summed E-state index contributed by atoms with van der Waals surface area (Å²) in [7, 11) is 0.